The largest absolute Gasteiger partial charge is 0.497 e. The van der Waals surface area contributed by atoms with E-state index in [2.05, 4.69) is 15.5 Å². The van der Waals surface area contributed by atoms with Crippen LogP contribution in [0.4, 0.5) is 5.69 Å². The number of anilines is 1. The molecule has 4 aromatic rings. The summed E-state index contributed by atoms with van der Waals surface area (Å²) in [7, 11) is 1.62. The molecule has 0 bridgehead atoms. The average Bonchev–Trinajstić information content (AvgIpc) is 3.46. The summed E-state index contributed by atoms with van der Waals surface area (Å²) in [5.41, 5.74) is 3.16. The predicted octanol–water partition coefficient (Wildman–Crippen LogP) is 3.89. The maximum absolute atomic E-state index is 13.4. The van der Waals surface area contributed by atoms with Gasteiger partial charge in [0.15, 0.2) is 0 Å². The zero-order valence-corrected chi connectivity index (χ0v) is 16.8. The number of carbonyl (C=O) groups is 1. The first-order valence-electron chi connectivity index (χ1n) is 8.98. The minimum Gasteiger partial charge on any atom is -0.497 e. The summed E-state index contributed by atoms with van der Waals surface area (Å²) in [6.07, 6.45) is 1.53. The minimum atomic E-state index is -0.0741. The zero-order chi connectivity index (χ0) is 20.2. The van der Waals surface area contributed by atoms with Gasteiger partial charge in [-0.15, -0.1) is 16.4 Å². The molecule has 2 aromatic carbocycles. The number of amides is 1. The van der Waals surface area contributed by atoms with Crippen molar-refractivity contribution >= 4 is 22.9 Å². The second kappa shape index (κ2) is 8.24. The number of ether oxygens (including phenoxy) is 1. The number of benzene rings is 2. The van der Waals surface area contributed by atoms with Gasteiger partial charge in [-0.25, -0.2) is 4.68 Å². The molecular formula is C21H19N5O2S. The number of rotatable bonds is 6. The van der Waals surface area contributed by atoms with E-state index >= 15 is 0 Å². The average molecular weight is 405 g/mol. The molecule has 0 atom stereocenters. The third-order valence-corrected chi connectivity index (χ3v) is 5.42. The molecule has 0 fully saturated rings. The van der Waals surface area contributed by atoms with Crippen molar-refractivity contribution in [3.05, 3.63) is 82.3 Å². The summed E-state index contributed by atoms with van der Waals surface area (Å²) in [5.74, 6) is 0.675. The Bertz CT molecular complexity index is 1090. The number of methoxy groups -OCH3 is 1. The van der Waals surface area contributed by atoms with E-state index in [0.29, 0.717) is 12.1 Å². The van der Waals surface area contributed by atoms with Crippen LogP contribution in [0.15, 0.2) is 66.3 Å². The van der Waals surface area contributed by atoms with Crippen molar-refractivity contribution < 1.29 is 9.53 Å². The highest BCUT2D eigenvalue weighted by molar-refractivity contribution is 7.09. The van der Waals surface area contributed by atoms with E-state index in [0.717, 1.165) is 27.6 Å². The Balaban J connectivity index is 1.67. The topological polar surface area (TPSA) is 73.1 Å². The standard InChI is InChI=1S/C21H19N5O2S/c1-15-12-16(5-10-20(15)26-14-22-23-24-26)21(27)25(13-19-4-3-11-29-19)17-6-8-18(28-2)9-7-17/h3-12,14H,13H2,1-2H3. The zero-order valence-electron chi connectivity index (χ0n) is 16.0. The third kappa shape index (κ3) is 4.02. The number of hydrogen-bond acceptors (Lipinski definition) is 6. The Morgan fingerprint density at radius 2 is 2.00 bits per heavy atom. The molecule has 0 aliphatic rings. The van der Waals surface area contributed by atoms with Gasteiger partial charge in [0.1, 0.15) is 12.1 Å². The van der Waals surface area contributed by atoms with E-state index in [1.54, 1.807) is 34.1 Å². The number of hydrogen-bond donors (Lipinski definition) is 0. The van der Waals surface area contributed by atoms with Gasteiger partial charge in [0.2, 0.25) is 0 Å². The van der Waals surface area contributed by atoms with Gasteiger partial charge >= 0.3 is 0 Å². The van der Waals surface area contributed by atoms with Gasteiger partial charge in [0.05, 0.1) is 19.3 Å². The van der Waals surface area contributed by atoms with Crippen LogP contribution in [-0.4, -0.2) is 33.2 Å². The van der Waals surface area contributed by atoms with E-state index in [1.807, 2.05) is 60.8 Å². The number of aromatic nitrogens is 4. The maximum Gasteiger partial charge on any atom is 0.258 e. The molecular weight excluding hydrogens is 386 g/mol. The molecule has 0 radical (unpaired) electrons. The summed E-state index contributed by atoms with van der Waals surface area (Å²) >= 11 is 1.63. The SMILES string of the molecule is COc1ccc(N(Cc2cccs2)C(=O)c2ccc(-n3cnnn3)c(C)c2)cc1. The Labute approximate surface area is 172 Å². The van der Waals surface area contributed by atoms with Crippen molar-refractivity contribution in [2.24, 2.45) is 0 Å². The molecule has 8 heteroatoms. The minimum absolute atomic E-state index is 0.0741. The molecule has 0 aliphatic heterocycles. The lowest BCUT2D eigenvalue weighted by Gasteiger charge is -2.23. The lowest BCUT2D eigenvalue weighted by atomic mass is 10.1. The molecule has 7 nitrogen and oxygen atoms in total. The fourth-order valence-electron chi connectivity index (χ4n) is 3.07. The first-order valence-corrected chi connectivity index (χ1v) is 9.86. The molecule has 4 rings (SSSR count). The Kier molecular flexibility index (Phi) is 5.35. The second-order valence-electron chi connectivity index (χ2n) is 6.42. The van der Waals surface area contributed by atoms with Gasteiger partial charge in [-0.1, -0.05) is 6.07 Å². The summed E-state index contributed by atoms with van der Waals surface area (Å²) in [6.45, 7) is 2.43. The number of tetrazole rings is 1. The predicted molar refractivity (Wildman–Crippen MR) is 112 cm³/mol. The van der Waals surface area contributed by atoms with Crippen LogP contribution in [0.1, 0.15) is 20.8 Å². The Morgan fingerprint density at radius 1 is 1.17 bits per heavy atom. The molecule has 146 valence electrons. The molecule has 2 aromatic heterocycles. The highest BCUT2D eigenvalue weighted by Gasteiger charge is 2.20. The highest BCUT2D eigenvalue weighted by Crippen LogP contribution is 2.25. The van der Waals surface area contributed by atoms with Crippen LogP contribution in [0, 0.1) is 6.92 Å². The van der Waals surface area contributed by atoms with Crippen molar-refractivity contribution in [2.45, 2.75) is 13.5 Å². The fourth-order valence-corrected chi connectivity index (χ4v) is 3.77. The van der Waals surface area contributed by atoms with Crippen LogP contribution < -0.4 is 9.64 Å². The maximum atomic E-state index is 13.4. The van der Waals surface area contributed by atoms with Crippen molar-refractivity contribution in [1.29, 1.82) is 0 Å². The number of aryl methyl sites for hydroxylation is 1. The van der Waals surface area contributed by atoms with Crippen molar-refractivity contribution in [3.63, 3.8) is 0 Å². The summed E-state index contributed by atoms with van der Waals surface area (Å²) in [6, 6.07) is 17.0. The van der Waals surface area contributed by atoms with Crippen molar-refractivity contribution in [1.82, 2.24) is 20.2 Å². The quantitative estimate of drug-likeness (QED) is 0.487. The number of thiophene rings is 1. The van der Waals surface area contributed by atoms with Gasteiger partial charge in [-0.2, -0.15) is 0 Å². The normalized spacial score (nSPS) is 10.7. The fraction of sp³-hybridized carbons (Fsp3) is 0.143. The van der Waals surface area contributed by atoms with E-state index in [4.69, 9.17) is 4.74 Å². The van der Waals surface area contributed by atoms with Gasteiger partial charge < -0.3 is 9.64 Å². The van der Waals surface area contributed by atoms with Crippen molar-refractivity contribution in [3.8, 4) is 11.4 Å². The number of carbonyl (C=O) groups excluding carboxylic acids is 1. The molecule has 2 heterocycles. The van der Waals surface area contributed by atoms with E-state index in [1.165, 1.54) is 6.33 Å². The molecule has 0 saturated heterocycles. The van der Waals surface area contributed by atoms with Crippen LogP contribution in [0.25, 0.3) is 5.69 Å². The third-order valence-electron chi connectivity index (χ3n) is 4.56. The van der Waals surface area contributed by atoms with Crippen LogP contribution in [0.3, 0.4) is 0 Å². The molecule has 0 saturated carbocycles. The van der Waals surface area contributed by atoms with Gasteiger partial charge in [0.25, 0.3) is 5.91 Å². The summed E-state index contributed by atoms with van der Waals surface area (Å²) < 4.78 is 6.82. The van der Waals surface area contributed by atoms with Crippen LogP contribution in [-0.2, 0) is 6.54 Å². The van der Waals surface area contributed by atoms with Gasteiger partial charge in [-0.05, 0) is 76.8 Å². The lowest BCUT2D eigenvalue weighted by Crippen LogP contribution is -2.30. The van der Waals surface area contributed by atoms with Gasteiger partial charge in [-0.3, -0.25) is 4.79 Å². The first kappa shape index (κ1) is 18.8. The van der Waals surface area contributed by atoms with E-state index in [-0.39, 0.29) is 5.91 Å². The molecule has 0 spiro atoms. The molecule has 0 N–H and O–H groups in total. The van der Waals surface area contributed by atoms with Crippen molar-refractivity contribution in [2.75, 3.05) is 12.0 Å². The van der Waals surface area contributed by atoms with Gasteiger partial charge in [0, 0.05) is 16.1 Å². The first-order chi connectivity index (χ1) is 14.2. The highest BCUT2D eigenvalue weighted by atomic mass is 32.1. The monoisotopic (exact) mass is 405 g/mol. The molecule has 1 amide bonds. The smallest absolute Gasteiger partial charge is 0.258 e. The Morgan fingerprint density at radius 3 is 2.62 bits per heavy atom. The molecule has 29 heavy (non-hydrogen) atoms. The lowest BCUT2D eigenvalue weighted by molar-refractivity contribution is 0.0985. The Hall–Kier alpha value is -3.52. The van der Waals surface area contributed by atoms with E-state index < -0.39 is 0 Å². The van der Waals surface area contributed by atoms with E-state index in [9.17, 15) is 4.79 Å². The molecule has 0 aliphatic carbocycles. The summed E-state index contributed by atoms with van der Waals surface area (Å²) in [4.78, 5) is 16.3. The van der Waals surface area contributed by atoms with Crippen LogP contribution in [0.2, 0.25) is 0 Å². The van der Waals surface area contributed by atoms with Crippen LogP contribution in [0.5, 0.6) is 5.75 Å². The number of nitrogens with zero attached hydrogens (tertiary/aromatic N) is 5. The summed E-state index contributed by atoms with van der Waals surface area (Å²) in [5, 5.41) is 13.3. The van der Waals surface area contributed by atoms with Crippen LogP contribution >= 0.6 is 11.3 Å². The molecule has 0 unspecified atom stereocenters. The second-order valence-corrected chi connectivity index (χ2v) is 7.46.